The fourth-order valence-electron chi connectivity index (χ4n) is 5.09. The van der Waals surface area contributed by atoms with Gasteiger partial charge >= 0.3 is 6.03 Å². The van der Waals surface area contributed by atoms with Gasteiger partial charge in [0.2, 0.25) is 5.91 Å². The van der Waals surface area contributed by atoms with E-state index in [1.165, 1.54) is 4.88 Å². The van der Waals surface area contributed by atoms with Gasteiger partial charge in [-0.25, -0.2) is 4.79 Å². The summed E-state index contributed by atoms with van der Waals surface area (Å²) in [6, 6.07) is 16.6. The number of urea groups is 1. The molecule has 1 aromatic heterocycles. The third kappa shape index (κ3) is 6.72. The Bertz CT molecular complexity index is 1270. The second kappa shape index (κ2) is 12.5. The van der Waals surface area contributed by atoms with Crippen molar-refractivity contribution in [1.82, 2.24) is 9.80 Å². The lowest BCUT2D eigenvalue weighted by molar-refractivity contribution is -0.135. The molecule has 5 rings (SSSR count). The molecule has 0 bridgehead atoms. The third-order valence-corrected chi connectivity index (χ3v) is 8.22. The van der Waals surface area contributed by atoms with E-state index in [0.717, 1.165) is 30.4 Å². The zero-order chi connectivity index (χ0) is 27.2. The zero-order valence-corrected chi connectivity index (χ0v) is 23.2. The molecule has 0 spiro atoms. The highest BCUT2D eigenvalue weighted by Crippen LogP contribution is 2.34. The first-order valence-electron chi connectivity index (χ1n) is 13.4. The Morgan fingerprint density at radius 3 is 2.74 bits per heavy atom. The van der Waals surface area contributed by atoms with Crippen LogP contribution in [0.1, 0.15) is 34.9 Å². The molecule has 3 amide bonds. The molecule has 2 aliphatic heterocycles. The minimum atomic E-state index is -0.305. The summed E-state index contributed by atoms with van der Waals surface area (Å²) in [7, 11) is 1.62. The summed E-state index contributed by atoms with van der Waals surface area (Å²) in [4.78, 5) is 31.9. The first kappa shape index (κ1) is 27.0. The summed E-state index contributed by atoms with van der Waals surface area (Å²) in [5, 5.41) is 5.02. The van der Waals surface area contributed by atoms with Gasteiger partial charge < -0.3 is 29.3 Å². The Kier molecular flexibility index (Phi) is 8.68. The van der Waals surface area contributed by atoms with Crippen molar-refractivity contribution in [3.63, 3.8) is 0 Å². The molecule has 2 unspecified atom stereocenters. The quantitative estimate of drug-likeness (QED) is 0.393. The molecule has 1 saturated heterocycles. The molecule has 9 heteroatoms. The van der Waals surface area contributed by atoms with Crippen molar-refractivity contribution in [2.45, 2.75) is 38.3 Å². The SMILES string of the molecule is COc1cccc(OCC2c3ccsc3CCN2C(=O)CN(CC2CCCO2)C(=O)Nc2ccc(C)cc2)c1. The average molecular weight is 550 g/mol. The van der Waals surface area contributed by atoms with Gasteiger partial charge in [-0.3, -0.25) is 4.79 Å². The van der Waals surface area contributed by atoms with Crippen molar-refractivity contribution in [3.8, 4) is 11.5 Å². The monoisotopic (exact) mass is 549 g/mol. The maximum absolute atomic E-state index is 13.8. The lowest BCUT2D eigenvalue weighted by Crippen LogP contribution is -2.50. The van der Waals surface area contributed by atoms with Crippen LogP contribution in [0.4, 0.5) is 10.5 Å². The lowest BCUT2D eigenvalue weighted by Gasteiger charge is -2.37. The maximum Gasteiger partial charge on any atom is 0.322 e. The third-order valence-electron chi connectivity index (χ3n) is 7.23. The lowest BCUT2D eigenvalue weighted by atomic mass is 10.0. The van der Waals surface area contributed by atoms with Gasteiger partial charge in [-0.05, 0) is 67.5 Å². The number of amides is 3. The van der Waals surface area contributed by atoms with Crippen molar-refractivity contribution in [3.05, 3.63) is 76.0 Å². The van der Waals surface area contributed by atoms with Gasteiger partial charge in [0.1, 0.15) is 24.7 Å². The summed E-state index contributed by atoms with van der Waals surface area (Å²) in [6.45, 7) is 3.90. The Morgan fingerprint density at radius 2 is 1.97 bits per heavy atom. The minimum Gasteiger partial charge on any atom is -0.497 e. The first-order valence-corrected chi connectivity index (χ1v) is 14.2. The number of nitrogens with zero attached hydrogens (tertiary/aromatic N) is 2. The van der Waals surface area contributed by atoms with Crippen LogP contribution in [0, 0.1) is 6.92 Å². The fourth-order valence-corrected chi connectivity index (χ4v) is 6.02. The maximum atomic E-state index is 13.8. The molecular weight excluding hydrogens is 514 g/mol. The van der Waals surface area contributed by atoms with Crippen molar-refractivity contribution in [2.75, 3.05) is 45.3 Å². The van der Waals surface area contributed by atoms with Crippen LogP contribution in [0.2, 0.25) is 0 Å². The first-order chi connectivity index (χ1) is 19.0. The molecule has 39 heavy (non-hydrogen) atoms. The van der Waals surface area contributed by atoms with Crippen LogP contribution in [-0.2, 0) is 16.0 Å². The number of hydrogen-bond donors (Lipinski definition) is 1. The number of benzene rings is 2. The van der Waals surface area contributed by atoms with E-state index in [-0.39, 0.29) is 30.6 Å². The normalized spacial score (nSPS) is 18.4. The molecule has 206 valence electrons. The number of hydrogen-bond acceptors (Lipinski definition) is 6. The number of carbonyl (C=O) groups is 2. The number of rotatable bonds is 9. The number of nitrogens with one attached hydrogen (secondary N) is 1. The van der Waals surface area contributed by atoms with Gasteiger partial charge in [-0.15, -0.1) is 11.3 Å². The summed E-state index contributed by atoms with van der Waals surface area (Å²) in [6.07, 6.45) is 2.55. The number of carbonyl (C=O) groups excluding carboxylic acids is 2. The molecule has 1 fully saturated rings. The summed E-state index contributed by atoms with van der Waals surface area (Å²) in [5.74, 6) is 1.29. The molecule has 3 aromatic rings. The molecule has 3 heterocycles. The van der Waals surface area contributed by atoms with Gasteiger partial charge in [-0.2, -0.15) is 0 Å². The van der Waals surface area contributed by atoms with Crippen molar-refractivity contribution in [2.24, 2.45) is 0 Å². The van der Waals surface area contributed by atoms with Gasteiger partial charge in [0, 0.05) is 36.3 Å². The van der Waals surface area contributed by atoms with Crippen LogP contribution in [0.5, 0.6) is 11.5 Å². The topological polar surface area (TPSA) is 80.3 Å². The van der Waals surface area contributed by atoms with Crippen LogP contribution in [0.15, 0.2) is 60.0 Å². The number of aryl methyl sites for hydroxylation is 1. The molecule has 2 atom stereocenters. The standard InChI is InChI=1S/C30H35N3O5S/c1-21-8-10-22(11-9-21)31-30(35)32(18-25-7-4-15-37-25)19-29(34)33-14-12-28-26(13-16-39-28)27(33)20-38-24-6-3-5-23(17-24)36-2/h3,5-6,8-11,13,16-17,25,27H,4,7,12,14-15,18-20H2,1-2H3,(H,31,35). The van der Waals surface area contributed by atoms with Gasteiger partial charge in [0.25, 0.3) is 0 Å². The van der Waals surface area contributed by atoms with Crippen molar-refractivity contribution < 1.29 is 23.8 Å². The molecule has 8 nitrogen and oxygen atoms in total. The highest BCUT2D eigenvalue weighted by atomic mass is 32.1. The largest absolute Gasteiger partial charge is 0.497 e. The van der Waals surface area contributed by atoms with Crippen LogP contribution in [0.3, 0.4) is 0 Å². The highest BCUT2D eigenvalue weighted by molar-refractivity contribution is 7.10. The number of fused-ring (bicyclic) bond motifs is 1. The zero-order valence-electron chi connectivity index (χ0n) is 22.4. The van der Waals surface area contributed by atoms with Gasteiger partial charge in [0.15, 0.2) is 0 Å². The van der Waals surface area contributed by atoms with E-state index in [9.17, 15) is 9.59 Å². The van der Waals surface area contributed by atoms with Crippen molar-refractivity contribution >= 4 is 29.0 Å². The Hall–Kier alpha value is -3.56. The smallest absolute Gasteiger partial charge is 0.322 e. The molecule has 0 saturated carbocycles. The van der Waals surface area contributed by atoms with E-state index in [2.05, 4.69) is 16.8 Å². The average Bonchev–Trinajstić information content (AvgIpc) is 3.65. The van der Waals surface area contributed by atoms with Crippen LogP contribution >= 0.6 is 11.3 Å². The van der Waals surface area contributed by atoms with E-state index in [1.807, 2.05) is 60.4 Å². The predicted molar refractivity (Wildman–Crippen MR) is 152 cm³/mol. The summed E-state index contributed by atoms with van der Waals surface area (Å²) in [5.41, 5.74) is 2.91. The van der Waals surface area contributed by atoms with Crippen LogP contribution < -0.4 is 14.8 Å². The minimum absolute atomic E-state index is 0.0350. The Morgan fingerprint density at radius 1 is 1.15 bits per heavy atom. The Labute approximate surface area is 233 Å². The van der Waals surface area contributed by atoms with Crippen molar-refractivity contribution in [1.29, 1.82) is 0 Å². The molecule has 2 aliphatic rings. The second-order valence-corrected chi connectivity index (χ2v) is 11.0. The van der Waals surface area contributed by atoms with Crippen LogP contribution in [-0.4, -0.2) is 67.8 Å². The number of ether oxygens (including phenoxy) is 3. The predicted octanol–water partition coefficient (Wildman–Crippen LogP) is 5.28. The summed E-state index contributed by atoms with van der Waals surface area (Å²) < 4.78 is 17.3. The summed E-state index contributed by atoms with van der Waals surface area (Å²) >= 11 is 1.71. The van der Waals surface area contributed by atoms with E-state index in [1.54, 1.807) is 23.3 Å². The molecule has 1 N–H and O–H groups in total. The molecule has 0 radical (unpaired) electrons. The fraction of sp³-hybridized carbons (Fsp3) is 0.400. The van der Waals surface area contributed by atoms with Gasteiger partial charge in [-0.1, -0.05) is 23.8 Å². The van der Waals surface area contributed by atoms with Gasteiger partial charge in [0.05, 0.1) is 19.3 Å². The molecular formula is C30H35N3O5S. The van der Waals surface area contributed by atoms with E-state index < -0.39 is 0 Å². The highest BCUT2D eigenvalue weighted by Gasteiger charge is 2.34. The van der Waals surface area contributed by atoms with E-state index in [0.29, 0.717) is 43.5 Å². The molecule has 2 aromatic carbocycles. The molecule has 0 aliphatic carbocycles. The number of methoxy groups -OCH3 is 1. The number of thiophene rings is 1. The Balaban J connectivity index is 1.32. The second-order valence-electron chi connectivity index (χ2n) is 9.95. The van der Waals surface area contributed by atoms with Crippen LogP contribution in [0.25, 0.3) is 0 Å². The van der Waals surface area contributed by atoms with E-state index >= 15 is 0 Å². The van der Waals surface area contributed by atoms with E-state index in [4.69, 9.17) is 14.2 Å². The number of anilines is 1.